The maximum atomic E-state index is 6.26. The lowest BCUT2D eigenvalue weighted by atomic mass is 9.91. The molecule has 12 aromatic rings. The van der Waals surface area contributed by atoms with Gasteiger partial charge in [0.15, 0.2) is 0 Å². The van der Waals surface area contributed by atoms with Crippen LogP contribution >= 0.6 is 0 Å². The Morgan fingerprint density at radius 3 is 1.52 bits per heavy atom. The van der Waals surface area contributed by atoms with Crippen LogP contribution in [0.25, 0.3) is 99.1 Å². The van der Waals surface area contributed by atoms with E-state index in [0.29, 0.717) is 0 Å². The van der Waals surface area contributed by atoms with E-state index in [1.165, 1.54) is 54.9 Å². The van der Waals surface area contributed by atoms with Crippen LogP contribution in [0.5, 0.6) is 0 Å². The minimum atomic E-state index is 0.887. The Labute approximate surface area is 372 Å². The largest absolute Gasteiger partial charge is 0.456 e. The Kier molecular flexibility index (Phi) is 9.20. The summed E-state index contributed by atoms with van der Waals surface area (Å²) in [6.07, 6.45) is 0. The van der Waals surface area contributed by atoms with Crippen molar-refractivity contribution in [3.8, 4) is 55.6 Å². The summed E-state index contributed by atoms with van der Waals surface area (Å²) in [5, 5.41) is 7.22. The van der Waals surface area contributed by atoms with E-state index in [1.54, 1.807) is 0 Å². The molecular weight excluding hydrogens is 775 g/mol. The fourth-order valence-corrected chi connectivity index (χ4v) is 9.60. The third-order valence-electron chi connectivity index (χ3n) is 12.7. The molecule has 0 radical (unpaired) electrons. The topological polar surface area (TPSA) is 16.4 Å². The average Bonchev–Trinajstić information content (AvgIpc) is 3.75. The Morgan fingerprint density at radius 1 is 0.250 bits per heavy atom. The lowest BCUT2D eigenvalue weighted by Crippen LogP contribution is -2.11. The standard InChI is InChI=1S/C62H41NO/c1-3-20-51-44(14-1)16-12-26-52(51)46-32-30-42(31-33-46)43-34-37-49(38-35-43)63(60-28-9-7-23-55(60)48-36-39-62-59(41-48)58-25-8-10-29-61(58)64-62)50-19-11-18-47(40-50)54-22-5-6-24-56(54)57-27-13-17-45-15-2-4-21-53(45)57/h1-41H. The van der Waals surface area contributed by atoms with Crippen molar-refractivity contribution in [3.05, 3.63) is 249 Å². The van der Waals surface area contributed by atoms with Crippen LogP contribution < -0.4 is 4.90 Å². The molecule has 0 atom stereocenters. The third-order valence-corrected chi connectivity index (χ3v) is 12.7. The number of hydrogen-bond donors (Lipinski definition) is 0. The summed E-state index contributed by atoms with van der Waals surface area (Å²) in [5.41, 5.74) is 16.8. The first-order valence-corrected chi connectivity index (χ1v) is 21.9. The Bertz CT molecular complexity index is 3660. The van der Waals surface area contributed by atoms with Crippen molar-refractivity contribution in [2.24, 2.45) is 0 Å². The van der Waals surface area contributed by atoms with Gasteiger partial charge in [-0.25, -0.2) is 0 Å². The van der Waals surface area contributed by atoms with Crippen molar-refractivity contribution in [2.75, 3.05) is 4.90 Å². The van der Waals surface area contributed by atoms with Gasteiger partial charge in [0, 0.05) is 27.7 Å². The molecule has 0 saturated carbocycles. The second-order valence-electron chi connectivity index (χ2n) is 16.4. The van der Waals surface area contributed by atoms with Crippen molar-refractivity contribution in [1.29, 1.82) is 0 Å². The van der Waals surface area contributed by atoms with Crippen LogP contribution in [-0.2, 0) is 0 Å². The van der Waals surface area contributed by atoms with Gasteiger partial charge in [-0.2, -0.15) is 0 Å². The number of rotatable bonds is 8. The van der Waals surface area contributed by atoms with Crippen LogP contribution in [0, 0.1) is 0 Å². The summed E-state index contributed by atoms with van der Waals surface area (Å²) in [6, 6.07) is 89.8. The van der Waals surface area contributed by atoms with Crippen molar-refractivity contribution in [2.45, 2.75) is 0 Å². The highest BCUT2D eigenvalue weighted by molar-refractivity contribution is 6.07. The Morgan fingerprint density at radius 2 is 0.750 bits per heavy atom. The van der Waals surface area contributed by atoms with Gasteiger partial charge < -0.3 is 9.32 Å². The quantitative estimate of drug-likeness (QED) is 0.152. The molecule has 0 aliphatic rings. The van der Waals surface area contributed by atoms with Gasteiger partial charge in [0.1, 0.15) is 11.2 Å². The summed E-state index contributed by atoms with van der Waals surface area (Å²) in [4.78, 5) is 2.41. The fraction of sp³-hybridized carbons (Fsp3) is 0. The van der Waals surface area contributed by atoms with Crippen LogP contribution in [0.4, 0.5) is 17.1 Å². The van der Waals surface area contributed by atoms with E-state index < -0.39 is 0 Å². The van der Waals surface area contributed by atoms with E-state index in [9.17, 15) is 0 Å². The molecule has 0 aliphatic carbocycles. The second-order valence-corrected chi connectivity index (χ2v) is 16.4. The number of hydrogen-bond acceptors (Lipinski definition) is 2. The van der Waals surface area contributed by atoms with Crippen molar-refractivity contribution >= 4 is 60.5 Å². The van der Waals surface area contributed by atoms with E-state index in [4.69, 9.17) is 4.42 Å². The first-order valence-electron chi connectivity index (χ1n) is 21.9. The third kappa shape index (κ3) is 6.61. The lowest BCUT2D eigenvalue weighted by Gasteiger charge is -2.28. The molecule has 0 saturated heterocycles. The van der Waals surface area contributed by atoms with E-state index in [0.717, 1.165) is 61.3 Å². The van der Waals surface area contributed by atoms with Crippen LogP contribution in [-0.4, -0.2) is 0 Å². The molecule has 0 spiro atoms. The zero-order valence-corrected chi connectivity index (χ0v) is 35.0. The molecule has 1 heterocycles. The number of fused-ring (bicyclic) bond motifs is 5. The normalized spacial score (nSPS) is 11.4. The predicted octanol–water partition coefficient (Wildman–Crippen LogP) is 17.7. The summed E-state index contributed by atoms with van der Waals surface area (Å²) in [5.74, 6) is 0. The van der Waals surface area contributed by atoms with Gasteiger partial charge in [0.05, 0.1) is 5.69 Å². The summed E-state index contributed by atoms with van der Waals surface area (Å²) >= 11 is 0. The molecule has 12 rings (SSSR count). The SMILES string of the molecule is c1cc(-c2ccccc2-c2cccc3ccccc23)cc(N(c2ccc(-c3ccc(-c4cccc5ccccc45)cc3)cc2)c2ccccc2-c2ccc3oc4ccccc4c3c2)c1. The maximum Gasteiger partial charge on any atom is 0.135 e. The molecule has 64 heavy (non-hydrogen) atoms. The molecule has 0 bridgehead atoms. The smallest absolute Gasteiger partial charge is 0.135 e. The van der Waals surface area contributed by atoms with Crippen LogP contribution in [0.15, 0.2) is 253 Å². The van der Waals surface area contributed by atoms with Gasteiger partial charge in [-0.15, -0.1) is 0 Å². The lowest BCUT2D eigenvalue weighted by molar-refractivity contribution is 0.669. The average molecular weight is 816 g/mol. The minimum Gasteiger partial charge on any atom is -0.456 e. The molecule has 11 aromatic carbocycles. The van der Waals surface area contributed by atoms with Crippen LogP contribution in [0.2, 0.25) is 0 Å². The molecule has 0 aliphatic heterocycles. The van der Waals surface area contributed by atoms with Gasteiger partial charge in [-0.05, 0) is 120 Å². The van der Waals surface area contributed by atoms with Gasteiger partial charge in [0.2, 0.25) is 0 Å². The highest BCUT2D eigenvalue weighted by Gasteiger charge is 2.20. The van der Waals surface area contributed by atoms with E-state index in [-0.39, 0.29) is 0 Å². The maximum absolute atomic E-state index is 6.26. The van der Waals surface area contributed by atoms with E-state index >= 15 is 0 Å². The van der Waals surface area contributed by atoms with Crippen molar-refractivity contribution in [1.82, 2.24) is 0 Å². The number of para-hydroxylation sites is 2. The Hall–Kier alpha value is -8.46. The number of furan rings is 1. The molecular formula is C62H41NO. The molecule has 2 heteroatoms. The molecule has 0 N–H and O–H groups in total. The zero-order chi connectivity index (χ0) is 42.4. The second kappa shape index (κ2) is 15.8. The predicted molar refractivity (Wildman–Crippen MR) is 271 cm³/mol. The summed E-state index contributed by atoms with van der Waals surface area (Å²) in [7, 11) is 0. The van der Waals surface area contributed by atoms with Gasteiger partial charge in [-0.3, -0.25) is 0 Å². The summed E-state index contributed by atoms with van der Waals surface area (Å²) in [6.45, 7) is 0. The minimum absolute atomic E-state index is 0.887. The van der Waals surface area contributed by atoms with Crippen molar-refractivity contribution < 1.29 is 4.42 Å². The number of benzene rings is 11. The van der Waals surface area contributed by atoms with Crippen LogP contribution in [0.1, 0.15) is 0 Å². The van der Waals surface area contributed by atoms with Crippen LogP contribution in [0.3, 0.4) is 0 Å². The molecule has 0 fully saturated rings. The highest BCUT2D eigenvalue weighted by Crippen LogP contribution is 2.45. The van der Waals surface area contributed by atoms with Gasteiger partial charge in [0.25, 0.3) is 0 Å². The molecule has 2 nitrogen and oxygen atoms in total. The Balaban J connectivity index is 0.980. The monoisotopic (exact) mass is 815 g/mol. The van der Waals surface area contributed by atoms with E-state index in [2.05, 4.69) is 241 Å². The molecule has 300 valence electrons. The number of anilines is 3. The molecule has 1 aromatic heterocycles. The van der Waals surface area contributed by atoms with Gasteiger partial charge in [-0.1, -0.05) is 200 Å². The van der Waals surface area contributed by atoms with Crippen molar-refractivity contribution in [3.63, 3.8) is 0 Å². The molecule has 0 unspecified atom stereocenters. The molecule has 0 amide bonds. The first kappa shape index (κ1) is 37.3. The first-order chi connectivity index (χ1) is 31.7. The zero-order valence-electron chi connectivity index (χ0n) is 35.0. The highest BCUT2D eigenvalue weighted by atomic mass is 16.3. The number of nitrogens with zero attached hydrogens (tertiary/aromatic N) is 1. The van der Waals surface area contributed by atoms with E-state index in [1.807, 2.05) is 12.1 Å². The fourth-order valence-electron chi connectivity index (χ4n) is 9.60. The van der Waals surface area contributed by atoms with Gasteiger partial charge >= 0.3 is 0 Å². The summed E-state index contributed by atoms with van der Waals surface area (Å²) < 4.78 is 6.26.